The van der Waals surface area contributed by atoms with Crippen molar-refractivity contribution in [1.82, 2.24) is 0 Å². The summed E-state index contributed by atoms with van der Waals surface area (Å²) in [5, 5.41) is 8.81. The Bertz CT molecular complexity index is 119. The summed E-state index contributed by atoms with van der Waals surface area (Å²) in [5.74, 6) is -0.283. The Labute approximate surface area is 67.4 Å². The summed E-state index contributed by atoms with van der Waals surface area (Å²) >= 11 is 0. The number of ether oxygens (including phenoxy) is 1. The molecule has 0 aromatic carbocycles. The molecular formula is C8H16O3. The smallest absolute Gasteiger partial charge is 0.308 e. The third kappa shape index (κ3) is 5.85. The Morgan fingerprint density at radius 1 is 1.45 bits per heavy atom. The zero-order chi connectivity index (χ0) is 8.85. The first-order chi connectivity index (χ1) is 5.04. The van der Waals surface area contributed by atoms with Crippen LogP contribution in [0.25, 0.3) is 0 Å². The van der Waals surface area contributed by atoms with Gasteiger partial charge in [0.25, 0.3) is 0 Å². The number of hydrogen-bond donors (Lipinski definition) is 1. The van der Waals surface area contributed by atoms with Crippen molar-refractivity contribution < 1.29 is 14.6 Å². The average Bonchev–Trinajstić information content (AvgIpc) is 1.86. The van der Waals surface area contributed by atoms with E-state index >= 15 is 0 Å². The van der Waals surface area contributed by atoms with Crippen molar-refractivity contribution in [1.29, 1.82) is 0 Å². The summed E-state index contributed by atoms with van der Waals surface area (Å²) in [5.41, 5.74) is 0. The average molecular weight is 160 g/mol. The SMILES string of the molecule is CC(O)CCOC(=O)C(C)C. The highest BCUT2D eigenvalue weighted by Crippen LogP contribution is 1.97. The third-order valence-corrected chi connectivity index (χ3v) is 1.25. The third-order valence-electron chi connectivity index (χ3n) is 1.25. The molecule has 1 unspecified atom stereocenters. The maximum absolute atomic E-state index is 10.8. The summed E-state index contributed by atoms with van der Waals surface area (Å²) in [4.78, 5) is 10.8. The standard InChI is InChI=1S/C8H16O3/c1-6(2)8(10)11-5-4-7(3)9/h6-7,9H,4-5H2,1-3H3. The molecule has 0 saturated carbocycles. The molecule has 1 N–H and O–H groups in total. The molecule has 0 spiro atoms. The predicted molar refractivity (Wildman–Crippen MR) is 42.1 cm³/mol. The van der Waals surface area contributed by atoms with Gasteiger partial charge in [0.05, 0.1) is 18.6 Å². The zero-order valence-electron chi connectivity index (χ0n) is 7.33. The highest BCUT2D eigenvalue weighted by atomic mass is 16.5. The van der Waals surface area contributed by atoms with E-state index in [-0.39, 0.29) is 11.9 Å². The van der Waals surface area contributed by atoms with Crippen LogP contribution < -0.4 is 0 Å². The Morgan fingerprint density at radius 2 is 2.00 bits per heavy atom. The van der Waals surface area contributed by atoms with Crippen molar-refractivity contribution in [2.75, 3.05) is 6.61 Å². The normalized spacial score (nSPS) is 13.2. The number of hydrogen-bond acceptors (Lipinski definition) is 3. The van der Waals surface area contributed by atoms with E-state index in [2.05, 4.69) is 0 Å². The van der Waals surface area contributed by atoms with E-state index in [1.54, 1.807) is 20.8 Å². The molecule has 1 atom stereocenters. The van der Waals surface area contributed by atoms with Gasteiger partial charge in [-0.05, 0) is 6.92 Å². The highest BCUT2D eigenvalue weighted by Gasteiger charge is 2.07. The summed E-state index contributed by atoms with van der Waals surface area (Å²) in [6.45, 7) is 5.55. The van der Waals surface area contributed by atoms with Gasteiger partial charge in [0.1, 0.15) is 0 Å². The van der Waals surface area contributed by atoms with E-state index in [0.717, 1.165) is 0 Å². The second-order valence-electron chi connectivity index (χ2n) is 2.96. The molecule has 11 heavy (non-hydrogen) atoms. The molecule has 0 rings (SSSR count). The molecule has 3 nitrogen and oxygen atoms in total. The molecule has 66 valence electrons. The Morgan fingerprint density at radius 3 is 2.36 bits per heavy atom. The second-order valence-corrected chi connectivity index (χ2v) is 2.96. The first-order valence-electron chi connectivity index (χ1n) is 3.88. The van der Waals surface area contributed by atoms with E-state index in [0.29, 0.717) is 13.0 Å². The molecular weight excluding hydrogens is 144 g/mol. The van der Waals surface area contributed by atoms with Crippen LogP contribution >= 0.6 is 0 Å². The van der Waals surface area contributed by atoms with E-state index in [1.807, 2.05) is 0 Å². The lowest BCUT2D eigenvalue weighted by Gasteiger charge is -2.07. The maximum atomic E-state index is 10.8. The summed E-state index contributed by atoms with van der Waals surface area (Å²) in [6.07, 6.45) is 0.119. The fourth-order valence-corrected chi connectivity index (χ4v) is 0.497. The minimum absolute atomic E-state index is 0.0796. The largest absolute Gasteiger partial charge is 0.465 e. The molecule has 0 radical (unpaired) electrons. The monoisotopic (exact) mass is 160 g/mol. The van der Waals surface area contributed by atoms with Crippen molar-refractivity contribution in [2.24, 2.45) is 5.92 Å². The predicted octanol–water partition coefficient (Wildman–Crippen LogP) is 0.956. The molecule has 0 aromatic heterocycles. The molecule has 0 aliphatic rings. The summed E-state index contributed by atoms with van der Waals surface area (Å²) in [6, 6.07) is 0. The summed E-state index contributed by atoms with van der Waals surface area (Å²) in [7, 11) is 0. The van der Waals surface area contributed by atoms with Gasteiger partial charge in [-0.15, -0.1) is 0 Å². The molecule has 0 aliphatic heterocycles. The molecule has 0 saturated heterocycles. The van der Waals surface area contributed by atoms with Crippen molar-refractivity contribution in [3.63, 3.8) is 0 Å². The number of aliphatic hydroxyl groups excluding tert-OH is 1. The maximum Gasteiger partial charge on any atom is 0.308 e. The van der Waals surface area contributed by atoms with Crippen molar-refractivity contribution in [3.05, 3.63) is 0 Å². The van der Waals surface area contributed by atoms with Crippen LogP contribution in [-0.4, -0.2) is 23.8 Å². The highest BCUT2D eigenvalue weighted by molar-refractivity contribution is 5.71. The van der Waals surface area contributed by atoms with E-state index < -0.39 is 6.10 Å². The lowest BCUT2D eigenvalue weighted by molar-refractivity contribution is -0.147. The van der Waals surface area contributed by atoms with Crippen molar-refractivity contribution in [2.45, 2.75) is 33.3 Å². The molecule has 0 amide bonds. The van der Waals surface area contributed by atoms with Gasteiger partial charge in [0.15, 0.2) is 0 Å². The number of carbonyl (C=O) groups excluding carboxylic acids is 1. The van der Waals surface area contributed by atoms with E-state index in [1.165, 1.54) is 0 Å². The zero-order valence-corrected chi connectivity index (χ0v) is 7.33. The Kier molecular flexibility index (Phi) is 4.86. The van der Waals surface area contributed by atoms with Gasteiger partial charge in [-0.3, -0.25) is 4.79 Å². The van der Waals surface area contributed by atoms with Gasteiger partial charge < -0.3 is 9.84 Å². The summed E-state index contributed by atoms with van der Waals surface area (Å²) < 4.78 is 4.82. The van der Waals surface area contributed by atoms with Crippen LogP contribution in [0, 0.1) is 5.92 Å². The van der Waals surface area contributed by atoms with Crippen molar-refractivity contribution in [3.8, 4) is 0 Å². The number of rotatable bonds is 4. The fraction of sp³-hybridized carbons (Fsp3) is 0.875. The first kappa shape index (κ1) is 10.4. The second kappa shape index (κ2) is 5.13. The van der Waals surface area contributed by atoms with Crippen LogP contribution in [-0.2, 0) is 9.53 Å². The molecule has 0 fully saturated rings. The number of carbonyl (C=O) groups is 1. The molecule has 0 bridgehead atoms. The van der Waals surface area contributed by atoms with E-state index in [9.17, 15) is 4.79 Å². The van der Waals surface area contributed by atoms with Gasteiger partial charge >= 0.3 is 5.97 Å². The number of aliphatic hydroxyl groups is 1. The van der Waals surface area contributed by atoms with Gasteiger partial charge in [-0.2, -0.15) is 0 Å². The molecule has 0 aromatic rings. The van der Waals surface area contributed by atoms with Gasteiger partial charge in [0, 0.05) is 6.42 Å². The Balaban J connectivity index is 3.32. The topological polar surface area (TPSA) is 46.5 Å². The van der Waals surface area contributed by atoms with Crippen LogP contribution in [0.2, 0.25) is 0 Å². The van der Waals surface area contributed by atoms with Crippen LogP contribution in [0.3, 0.4) is 0 Å². The number of esters is 1. The molecule has 0 aliphatic carbocycles. The van der Waals surface area contributed by atoms with Gasteiger partial charge in [-0.1, -0.05) is 13.8 Å². The van der Waals surface area contributed by atoms with Crippen LogP contribution in [0.4, 0.5) is 0 Å². The van der Waals surface area contributed by atoms with Crippen LogP contribution in [0.5, 0.6) is 0 Å². The minimum atomic E-state index is -0.394. The fourth-order valence-electron chi connectivity index (χ4n) is 0.497. The van der Waals surface area contributed by atoms with E-state index in [4.69, 9.17) is 9.84 Å². The lowest BCUT2D eigenvalue weighted by atomic mass is 10.2. The van der Waals surface area contributed by atoms with Crippen LogP contribution in [0.1, 0.15) is 27.2 Å². The van der Waals surface area contributed by atoms with Crippen LogP contribution in [0.15, 0.2) is 0 Å². The molecule has 0 heterocycles. The first-order valence-corrected chi connectivity index (χ1v) is 3.88. The lowest BCUT2D eigenvalue weighted by Crippen LogP contribution is -2.14. The quantitative estimate of drug-likeness (QED) is 0.623. The Hall–Kier alpha value is -0.570. The molecule has 3 heteroatoms. The van der Waals surface area contributed by atoms with Gasteiger partial charge in [-0.25, -0.2) is 0 Å². The van der Waals surface area contributed by atoms with Crippen molar-refractivity contribution >= 4 is 5.97 Å². The minimum Gasteiger partial charge on any atom is -0.465 e. The van der Waals surface area contributed by atoms with Gasteiger partial charge in [0.2, 0.25) is 0 Å².